The van der Waals surface area contributed by atoms with E-state index in [4.69, 9.17) is 4.74 Å². The molecule has 2 aromatic carbocycles. The number of para-hydroxylation sites is 1. The molecule has 0 aliphatic carbocycles. The van der Waals surface area contributed by atoms with Crippen LogP contribution in [-0.2, 0) is 20.9 Å². The summed E-state index contributed by atoms with van der Waals surface area (Å²) in [6.45, 7) is 1.81. The molecule has 3 N–H and O–H groups in total. The number of thioether (sulfide) groups is 1. The first-order valence-electron chi connectivity index (χ1n) is 9.13. The largest absolute Gasteiger partial charge is 0.480 e. The average Bonchev–Trinajstić information content (AvgIpc) is 2.72. The molecule has 0 heterocycles. The van der Waals surface area contributed by atoms with Crippen molar-refractivity contribution in [2.75, 3.05) is 11.1 Å². The molecule has 29 heavy (non-hydrogen) atoms. The molecule has 0 bridgehead atoms. The summed E-state index contributed by atoms with van der Waals surface area (Å²) in [5, 5.41) is 14.1. The van der Waals surface area contributed by atoms with Crippen LogP contribution in [0.15, 0.2) is 60.7 Å². The van der Waals surface area contributed by atoms with E-state index in [1.54, 1.807) is 31.2 Å². The minimum absolute atomic E-state index is 0.0600. The van der Waals surface area contributed by atoms with Gasteiger partial charge in [-0.05, 0) is 36.8 Å². The van der Waals surface area contributed by atoms with Crippen LogP contribution in [0.25, 0.3) is 0 Å². The lowest BCUT2D eigenvalue weighted by Crippen LogP contribution is -2.41. The van der Waals surface area contributed by atoms with Crippen LogP contribution in [0.4, 0.5) is 10.5 Å². The highest BCUT2D eigenvalue weighted by atomic mass is 32.2. The molecular formula is C21H24N2O5S. The van der Waals surface area contributed by atoms with Crippen molar-refractivity contribution in [2.45, 2.75) is 31.2 Å². The molecule has 0 fully saturated rings. The number of rotatable bonds is 10. The maximum atomic E-state index is 12.2. The number of hydrogen-bond acceptors (Lipinski definition) is 5. The fraction of sp³-hybridized carbons (Fsp3) is 0.286. The topological polar surface area (TPSA) is 105 Å². The van der Waals surface area contributed by atoms with Gasteiger partial charge in [-0.25, -0.2) is 9.59 Å². The van der Waals surface area contributed by atoms with E-state index in [2.05, 4.69) is 10.6 Å². The number of carboxylic acids is 1. The van der Waals surface area contributed by atoms with Crippen LogP contribution < -0.4 is 10.6 Å². The van der Waals surface area contributed by atoms with Crippen molar-refractivity contribution in [1.82, 2.24) is 5.32 Å². The SMILES string of the molecule is CC(SCCC(NC(=O)OCc1ccccc1)C(=O)O)C(=O)Nc1ccccc1. The number of carboxylic acid groups (broad SMARTS) is 1. The molecule has 2 amide bonds. The number of ether oxygens (including phenoxy) is 1. The van der Waals surface area contributed by atoms with Crippen LogP contribution in [0.3, 0.4) is 0 Å². The molecule has 7 nitrogen and oxygen atoms in total. The fourth-order valence-corrected chi connectivity index (χ4v) is 3.30. The molecule has 0 saturated heterocycles. The average molecular weight is 416 g/mol. The highest BCUT2D eigenvalue weighted by Gasteiger charge is 2.22. The molecule has 0 radical (unpaired) electrons. The molecule has 0 spiro atoms. The molecule has 2 rings (SSSR count). The Bertz CT molecular complexity index is 801. The number of hydrogen-bond donors (Lipinski definition) is 3. The lowest BCUT2D eigenvalue weighted by atomic mass is 10.2. The number of carbonyl (C=O) groups is 3. The van der Waals surface area contributed by atoms with Gasteiger partial charge in [-0.2, -0.15) is 0 Å². The van der Waals surface area contributed by atoms with Gasteiger partial charge in [0.25, 0.3) is 0 Å². The highest BCUT2D eigenvalue weighted by Crippen LogP contribution is 2.16. The van der Waals surface area contributed by atoms with Gasteiger partial charge in [0.1, 0.15) is 12.6 Å². The normalized spacial score (nSPS) is 12.4. The van der Waals surface area contributed by atoms with Gasteiger partial charge >= 0.3 is 12.1 Å². The summed E-state index contributed by atoms with van der Waals surface area (Å²) >= 11 is 1.32. The van der Waals surface area contributed by atoms with Gasteiger partial charge in [-0.1, -0.05) is 48.5 Å². The van der Waals surface area contributed by atoms with Crippen molar-refractivity contribution in [3.05, 3.63) is 66.2 Å². The minimum atomic E-state index is -1.15. The Hall–Kier alpha value is -3.00. The summed E-state index contributed by atoms with van der Waals surface area (Å²) in [4.78, 5) is 35.5. The summed E-state index contributed by atoms with van der Waals surface area (Å²) in [5.74, 6) is -0.925. The summed E-state index contributed by atoms with van der Waals surface area (Å²) in [5.41, 5.74) is 1.51. The Labute approximate surface area is 173 Å². The monoisotopic (exact) mass is 416 g/mol. The fourth-order valence-electron chi connectivity index (χ4n) is 2.37. The predicted molar refractivity (Wildman–Crippen MR) is 113 cm³/mol. The number of amides is 2. The van der Waals surface area contributed by atoms with Crippen molar-refractivity contribution in [1.29, 1.82) is 0 Å². The van der Waals surface area contributed by atoms with E-state index in [9.17, 15) is 19.5 Å². The molecule has 154 valence electrons. The number of benzene rings is 2. The number of aliphatic carboxylic acids is 1. The van der Waals surface area contributed by atoms with Crippen LogP contribution in [0.5, 0.6) is 0 Å². The van der Waals surface area contributed by atoms with Crippen molar-refractivity contribution in [3.63, 3.8) is 0 Å². The maximum absolute atomic E-state index is 12.2. The van der Waals surface area contributed by atoms with E-state index in [1.165, 1.54) is 11.8 Å². The standard InChI is InChI=1S/C21H24N2O5S/c1-15(19(24)22-17-10-6-3-7-11-17)29-13-12-18(20(25)26)23-21(27)28-14-16-8-4-2-5-9-16/h2-11,15,18H,12-14H2,1H3,(H,22,24)(H,23,27)(H,25,26). The van der Waals surface area contributed by atoms with E-state index in [0.717, 1.165) is 5.56 Å². The second-order valence-corrected chi connectivity index (χ2v) is 7.70. The van der Waals surface area contributed by atoms with Crippen LogP contribution in [0.1, 0.15) is 18.9 Å². The zero-order valence-electron chi connectivity index (χ0n) is 16.0. The zero-order valence-corrected chi connectivity index (χ0v) is 16.9. The Morgan fingerprint density at radius 2 is 1.66 bits per heavy atom. The molecular weight excluding hydrogens is 392 g/mol. The first kappa shape index (κ1) is 22.3. The van der Waals surface area contributed by atoms with E-state index >= 15 is 0 Å². The maximum Gasteiger partial charge on any atom is 0.408 e. The number of nitrogens with one attached hydrogen (secondary N) is 2. The molecule has 0 aromatic heterocycles. The minimum Gasteiger partial charge on any atom is -0.480 e. The molecule has 2 atom stereocenters. The van der Waals surface area contributed by atoms with Gasteiger partial charge < -0.3 is 20.5 Å². The summed E-state index contributed by atoms with van der Waals surface area (Å²) in [7, 11) is 0. The Morgan fingerprint density at radius 1 is 1.03 bits per heavy atom. The van der Waals surface area contributed by atoms with Gasteiger partial charge in [0.2, 0.25) is 5.91 Å². The molecule has 0 aliphatic heterocycles. The van der Waals surface area contributed by atoms with E-state index in [0.29, 0.717) is 11.4 Å². The third-order valence-electron chi connectivity index (χ3n) is 3.99. The molecule has 0 saturated carbocycles. The first-order valence-corrected chi connectivity index (χ1v) is 10.2. The van der Waals surface area contributed by atoms with Crippen molar-refractivity contribution in [2.24, 2.45) is 0 Å². The summed E-state index contributed by atoms with van der Waals surface area (Å²) in [6.07, 6.45) is -0.621. The Morgan fingerprint density at radius 3 is 2.28 bits per heavy atom. The molecule has 8 heteroatoms. The third-order valence-corrected chi connectivity index (χ3v) is 5.17. The van der Waals surface area contributed by atoms with Gasteiger partial charge in [0, 0.05) is 5.69 Å². The van der Waals surface area contributed by atoms with E-state index < -0.39 is 18.1 Å². The van der Waals surface area contributed by atoms with Gasteiger partial charge in [-0.15, -0.1) is 11.8 Å². The van der Waals surface area contributed by atoms with Gasteiger partial charge in [-0.3, -0.25) is 4.79 Å². The van der Waals surface area contributed by atoms with Crippen LogP contribution in [0.2, 0.25) is 0 Å². The zero-order chi connectivity index (χ0) is 21.1. The number of anilines is 1. The van der Waals surface area contributed by atoms with Crippen molar-refractivity contribution < 1.29 is 24.2 Å². The predicted octanol–water partition coefficient (Wildman–Crippen LogP) is 3.52. The second kappa shape index (κ2) is 11.8. The lowest BCUT2D eigenvalue weighted by Gasteiger charge is -2.16. The van der Waals surface area contributed by atoms with E-state index in [1.807, 2.05) is 36.4 Å². The second-order valence-electron chi connectivity index (χ2n) is 6.25. The van der Waals surface area contributed by atoms with E-state index in [-0.39, 0.29) is 24.2 Å². The summed E-state index contributed by atoms with van der Waals surface area (Å²) in [6, 6.07) is 17.1. The highest BCUT2D eigenvalue weighted by molar-refractivity contribution is 8.00. The Balaban J connectivity index is 1.73. The van der Waals surface area contributed by atoms with Crippen molar-refractivity contribution in [3.8, 4) is 0 Å². The first-order chi connectivity index (χ1) is 14.0. The molecule has 0 aliphatic rings. The Kier molecular flexibility index (Phi) is 9.04. The summed E-state index contributed by atoms with van der Waals surface area (Å²) < 4.78 is 5.06. The number of carbonyl (C=O) groups excluding carboxylic acids is 2. The van der Waals surface area contributed by atoms with Crippen LogP contribution in [0, 0.1) is 0 Å². The molecule has 2 aromatic rings. The van der Waals surface area contributed by atoms with Gasteiger partial charge in [0.15, 0.2) is 0 Å². The van der Waals surface area contributed by atoms with Crippen LogP contribution in [-0.4, -0.2) is 40.1 Å². The molecule has 2 unspecified atom stereocenters. The lowest BCUT2D eigenvalue weighted by molar-refractivity contribution is -0.139. The van der Waals surface area contributed by atoms with Crippen molar-refractivity contribution >= 4 is 35.4 Å². The smallest absolute Gasteiger partial charge is 0.408 e. The van der Waals surface area contributed by atoms with Gasteiger partial charge in [0.05, 0.1) is 5.25 Å². The number of alkyl carbamates (subject to hydrolysis) is 1. The third kappa shape index (κ3) is 8.27. The van der Waals surface area contributed by atoms with Crippen LogP contribution >= 0.6 is 11.8 Å². The quantitative estimate of drug-likeness (QED) is 0.547.